The van der Waals surface area contributed by atoms with Gasteiger partial charge in [-0.15, -0.1) is 11.3 Å². The molecule has 0 aliphatic heterocycles. The zero-order valence-electron chi connectivity index (χ0n) is 25.5. The van der Waals surface area contributed by atoms with Gasteiger partial charge < -0.3 is 9.32 Å². The molecule has 3 heteroatoms. The van der Waals surface area contributed by atoms with Crippen LogP contribution in [0.2, 0.25) is 0 Å². The predicted molar refractivity (Wildman–Crippen MR) is 196 cm³/mol. The maximum atomic E-state index is 6.40. The Morgan fingerprint density at radius 2 is 1.15 bits per heavy atom. The van der Waals surface area contributed by atoms with Crippen LogP contribution in [-0.4, -0.2) is 0 Å². The lowest BCUT2D eigenvalue weighted by Crippen LogP contribution is -2.16. The molecule has 2 aromatic heterocycles. The number of anilines is 3. The normalized spacial score (nSPS) is 13.6. The second kappa shape index (κ2) is 9.32. The van der Waals surface area contributed by atoms with E-state index in [1.807, 2.05) is 23.5 Å². The van der Waals surface area contributed by atoms with Crippen LogP contribution in [0.15, 0.2) is 144 Å². The first-order valence-electron chi connectivity index (χ1n) is 15.8. The Morgan fingerprint density at radius 3 is 2.09 bits per heavy atom. The maximum absolute atomic E-state index is 6.40. The lowest BCUT2D eigenvalue weighted by atomic mass is 9.82. The Bertz CT molecular complexity index is 2690. The van der Waals surface area contributed by atoms with Crippen molar-refractivity contribution >= 4 is 81.3 Å². The molecule has 0 fully saturated rings. The number of para-hydroxylation sites is 1. The monoisotopic (exact) mass is 607 g/mol. The lowest BCUT2D eigenvalue weighted by Gasteiger charge is -2.28. The van der Waals surface area contributed by atoms with Crippen molar-refractivity contribution in [2.24, 2.45) is 0 Å². The molecule has 7 aromatic carbocycles. The van der Waals surface area contributed by atoms with Crippen molar-refractivity contribution in [3.63, 3.8) is 0 Å². The third-order valence-corrected chi connectivity index (χ3v) is 11.3. The largest absolute Gasteiger partial charge is 0.456 e. The molecule has 9 aromatic rings. The Hall–Kier alpha value is -5.38. The summed E-state index contributed by atoms with van der Waals surface area (Å²) < 4.78 is 9.06. The molecule has 0 saturated heterocycles. The summed E-state index contributed by atoms with van der Waals surface area (Å²) in [6, 6.07) is 51.0. The van der Waals surface area contributed by atoms with E-state index < -0.39 is 0 Å². The van der Waals surface area contributed by atoms with Gasteiger partial charge in [-0.05, 0) is 76.2 Å². The SMILES string of the molecule is CC1(C)c2ccccc2-c2ccc(N(c3ccc4c(c3)oc3ccccc34)c3ccc4ccc5c6ccccc6sc5c4c3)cc21. The van der Waals surface area contributed by atoms with Crippen molar-refractivity contribution in [1.29, 1.82) is 0 Å². The molecule has 0 spiro atoms. The van der Waals surface area contributed by atoms with Crippen LogP contribution < -0.4 is 4.90 Å². The average molecular weight is 608 g/mol. The van der Waals surface area contributed by atoms with Crippen LogP contribution >= 0.6 is 11.3 Å². The third kappa shape index (κ3) is 3.58. The first kappa shape index (κ1) is 25.9. The zero-order valence-corrected chi connectivity index (χ0v) is 26.4. The molecule has 0 bridgehead atoms. The van der Waals surface area contributed by atoms with E-state index in [2.05, 4.69) is 146 Å². The summed E-state index contributed by atoms with van der Waals surface area (Å²) in [6.45, 7) is 4.70. The fourth-order valence-corrected chi connectivity index (χ4v) is 8.99. The van der Waals surface area contributed by atoms with Crippen LogP contribution in [0.5, 0.6) is 0 Å². The lowest BCUT2D eigenvalue weighted by molar-refractivity contribution is 0.660. The summed E-state index contributed by atoms with van der Waals surface area (Å²) in [7, 11) is 0. The Kier molecular flexibility index (Phi) is 5.25. The van der Waals surface area contributed by atoms with Gasteiger partial charge in [-0.3, -0.25) is 0 Å². The molecule has 46 heavy (non-hydrogen) atoms. The van der Waals surface area contributed by atoms with Gasteiger partial charge in [0, 0.05) is 64.9 Å². The quantitative estimate of drug-likeness (QED) is 0.199. The Balaban J connectivity index is 1.22. The summed E-state index contributed by atoms with van der Waals surface area (Å²) in [4.78, 5) is 2.40. The minimum Gasteiger partial charge on any atom is -0.456 e. The first-order chi connectivity index (χ1) is 22.5. The molecule has 2 nitrogen and oxygen atoms in total. The molecule has 0 amide bonds. The molecule has 0 radical (unpaired) electrons. The van der Waals surface area contributed by atoms with Crippen LogP contribution in [0.25, 0.3) is 64.0 Å². The fraction of sp³-hybridized carbons (Fsp3) is 0.0698. The second-order valence-electron chi connectivity index (χ2n) is 13.0. The standard InChI is InChI=1S/C43H29NOS/c1-43(2)37-12-6-3-9-30(37)31-21-18-28(24-38(31)43)44(29-19-22-33-32-10-4-7-13-39(32)45-40(33)25-29)27-17-15-26-16-20-35-34-11-5-8-14-41(34)46-42(35)36(26)23-27/h3-25H,1-2H3. The van der Waals surface area contributed by atoms with Crippen molar-refractivity contribution < 1.29 is 4.42 Å². The average Bonchev–Trinajstić information content (AvgIpc) is 3.73. The zero-order chi connectivity index (χ0) is 30.6. The maximum Gasteiger partial charge on any atom is 0.137 e. The number of benzene rings is 7. The van der Waals surface area contributed by atoms with Crippen LogP contribution in [-0.2, 0) is 5.41 Å². The highest BCUT2D eigenvalue weighted by Crippen LogP contribution is 2.51. The number of furan rings is 1. The van der Waals surface area contributed by atoms with E-state index in [4.69, 9.17) is 4.42 Å². The van der Waals surface area contributed by atoms with E-state index in [-0.39, 0.29) is 5.41 Å². The van der Waals surface area contributed by atoms with E-state index in [1.165, 1.54) is 53.2 Å². The van der Waals surface area contributed by atoms with Crippen molar-refractivity contribution in [2.45, 2.75) is 19.3 Å². The minimum absolute atomic E-state index is 0.0943. The highest BCUT2D eigenvalue weighted by atomic mass is 32.1. The minimum atomic E-state index is -0.0943. The van der Waals surface area contributed by atoms with Crippen molar-refractivity contribution in [2.75, 3.05) is 4.90 Å². The van der Waals surface area contributed by atoms with Gasteiger partial charge in [0.05, 0.1) is 0 Å². The van der Waals surface area contributed by atoms with Gasteiger partial charge in [0.1, 0.15) is 11.2 Å². The van der Waals surface area contributed by atoms with E-state index in [9.17, 15) is 0 Å². The Labute approximate surface area is 270 Å². The number of rotatable bonds is 3. The summed E-state index contributed by atoms with van der Waals surface area (Å²) in [5, 5.41) is 7.45. The van der Waals surface area contributed by atoms with E-state index >= 15 is 0 Å². The number of hydrogen-bond donors (Lipinski definition) is 0. The van der Waals surface area contributed by atoms with Crippen LogP contribution in [0.1, 0.15) is 25.0 Å². The highest BCUT2D eigenvalue weighted by molar-refractivity contribution is 7.26. The van der Waals surface area contributed by atoms with Gasteiger partial charge in [-0.25, -0.2) is 0 Å². The smallest absolute Gasteiger partial charge is 0.137 e. The molecule has 0 saturated carbocycles. The number of hydrogen-bond acceptors (Lipinski definition) is 3. The summed E-state index contributed by atoms with van der Waals surface area (Å²) in [5.41, 5.74) is 10.4. The fourth-order valence-electron chi connectivity index (χ4n) is 7.76. The van der Waals surface area contributed by atoms with Gasteiger partial charge in [-0.2, -0.15) is 0 Å². The van der Waals surface area contributed by atoms with E-state index in [0.717, 1.165) is 39.0 Å². The van der Waals surface area contributed by atoms with Crippen LogP contribution in [0.4, 0.5) is 17.1 Å². The van der Waals surface area contributed by atoms with Crippen LogP contribution in [0, 0.1) is 0 Å². The summed E-state index contributed by atoms with van der Waals surface area (Å²) in [5.74, 6) is 0. The van der Waals surface area contributed by atoms with E-state index in [0.29, 0.717) is 0 Å². The van der Waals surface area contributed by atoms with Gasteiger partial charge in [0.2, 0.25) is 0 Å². The molecular weight excluding hydrogens is 579 g/mol. The number of nitrogens with zero attached hydrogens (tertiary/aromatic N) is 1. The van der Waals surface area contributed by atoms with Crippen molar-refractivity contribution in [3.05, 3.63) is 151 Å². The molecule has 0 N–H and O–H groups in total. The molecule has 10 rings (SSSR count). The Morgan fingerprint density at radius 1 is 0.500 bits per heavy atom. The molecule has 218 valence electrons. The van der Waals surface area contributed by atoms with Crippen molar-refractivity contribution in [1.82, 2.24) is 0 Å². The number of thiophene rings is 1. The predicted octanol–water partition coefficient (Wildman–Crippen LogP) is 12.9. The summed E-state index contributed by atoms with van der Waals surface area (Å²) >= 11 is 1.88. The third-order valence-electron chi connectivity index (χ3n) is 10.0. The first-order valence-corrected chi connectivity index (χ1v) is 16.7. The molecule has 1 aliphatic carbocycles. The van der Waals surface area contributed by atoms with Gasteiger partial charge >= 0.3 is 0 Å². The van der Waals surface area contributed by atoms with E-state index in [1.54, 1.807) is 0 Å². The van der Waals surface area contributed by atoms with Crippen LogP contribution in [0.3, 0.4) is 0 Å². The van der Waals surface area contributed by atoms with Gasteiger partial charge in [0.25, 0.3) is 0 Å². The molecule has 0 unspecified atom stereocenters. The van der Waals surface area contributed by atoms with Gasteiger partial charge in [-0.1, -0.05) is 98.8 Å². The molecular formula is C43H29NOS. The molecule has 0 atom stereocenters. The molecule has 2 heterocycles. The second-order valence-corrected chi connectivity index (χ2v) is 14.0. The highest BCUT2D eigenvalue weighted by Gasteiger charge is 2.35. The molecule has 1 aliphatic rings. The summed E-state index contributed by atoms with van der Waals surface area (Å²) in [6.07, 6.45) is 0. The van der Waals surface area contributed by atoms with Gasteiger partial charge in [0.15, 0.2) is 0 Å². The number of fused-ring (bicyclic) bond motifs is 11. The van der Waals surface area contributed by atoms with Crippen molar-refractivity contribution in [3.8, 4) is 11.1 Å². The topological polar surface area (TPSA) is 16.4 Å².